The lowest BCUT2D eigenvalue weighted by atomic mass is 10.2. The average molecular weight is 396 g/mol. The van der Waals surface area contributed by atoms with Crippen LogP contribution < -0.4 is 15.1 Å². The highest BCUT2D eigenvalue weighted by atomic mass is 16.2. The average Bonchev–Trinajstić information content (AvgIpc) is 2.76. The number of hydrogen-bond donors (Lipinski definition) is 1. The molecule has 0 radical (unpaired) electrons. The number of pyridine rings is 1. The third-order valence-corrected chi connectivity index (χ3v) is 5.32. The van der Waals surface area contributed by atoms with Crippen LogP contribution in [-0.2, 0) is 4.79 Å². The van der Waals surface area contributed by atoms with E-state index < -0.39 is 0 Å². The van der Waals surface area contributed by atoms with E-state index in [0.29, 0.717) is 18.8 Å². The second kappa shape index (κ2) is 9.41. The van der Waals surface area contributed by atoms with Crippen molar-refractivity contribution in [3.63, 3.8) is 0 Å². The number of carbonyl (C=O) groups excluding carboxylic acids is 2. The number of piperazine rings is 1. The fourth-order valence-corrected chi connectivity index (χ4v) is 3.56. The van der Waals surface area contributed by atoms with Crippen LogP contribution in [0.1, 0.15) is 31.3 Å². The number of aromatic nitrogens is 1. The van der Waals surface area contributed by atoms with Crippen molar-refractivity contribution in [1.29, 1.82) is 0 Å². The zero-order valence-electron chi connectivity index (χ0n) is 17.4. The third-order valence-electron chi connectivity index (χ3n) is 5.32. The maximum absolute atomic E-state index is 12.7. The number of carbonyl (C=O) groups is 2. The van der Waals surface area contributed by atoms with E-state index in [1.807, 2.05) is 41.3 Å². The van der Waals surface area contributed by atoms with Crippen molar-refractivity contribution in [3.05, 3.63) is 48.3 Å². The van der Waals surface area contributed by atoms with Crippen LogP contribution in [0.5, 0.6) is 0 Å². The summed E-state index contributed by atoms with van der Waals surface area (Å²) in [5.74, 6) is -0.128. The van der Waals surface area contributed by atoms with Gasteiger partial charge in [-0.15, -0.1) is 0 Å². The van der Waals surface area contributed by atoms with Crippen molar-refractivity contribution in [1.82, 2.24) is 9.88 Å². The molecule has 1 fully saturated rings. The van der Waals surface area contributed by atoms with Crippen LogP contribution >= 0.6 is 0 Å². The van der Waals surface area contributed by atoms with E-state index >= 15 is 0 Å². The molecule has 29 heavy (non-hydrogen) atoms. The maximum Gasteiger partial charge on any atom is 0.274 e. The van der Waals surface area contributed by atoms with Gasteiger partial charge in [0.1, 0.15) is 5.69 Å². The molecule has 0 aliphatic carbocycles. The van der Waals surface area contributed by atoms with Crippen molar-refractivity contribution in [2.24, 2.45) is 0 Å². The van der Waals surface area contributed by atoms with Crippen LogP contribution in [0.4, 0.5) is 17.1 Å². The van der Waals surface area contributed by atoms with E-state index in [2.05, 4.69) is 33.9 Å². The molecule has 1 aromatic heterocycles. The highest BCUT2D eigenvalue weighted by Gasteiger charge is 2.20. The van der Waals surface area contributed by atoms with Crippen molar-refractivity contribution in [3.8, 4) is 0 Å². The molecule has 7 nitrogen and oxygen atoms in total. The number of nitrogens with one attached hydrogen (secondary N) is 1. The van der Waals surface area contributed by atoms with E-state index in [9.17, 15) is 9.59 Å². The van der Waals surface area contributed by atoms with Crippen molar-refractivity contribution in [2.45, 2.75) is 20.8 Å². The standard InChI is InChI=1S/C22H29N5O2/c1-4-25(5-2)19-8-6-18(7-9-19)24-22(29)21-16-20(10-11-23-21)27-14-12-26(13-15-27)17(3)28/h6-11,16H,4-5,12-15H2,1-3H3,(H,24,29). The van der Waals surface area contributed by atoms with Crippen molar-refractivity contribution >= 4 is 28.9 Å². The molecule has 7 heteroatoms. The lowest BCUT2D eigenvalue weighted by Gasteiger charge is -2.35. The van der Waals surface area contributed by atoms with Crippen LogP contribution in [0.3, 0.4) is 0 Å². The summed E-state index contributed by atoms with van der Waals surface area (Å²) >= 11 is 0. The monoisotopic (exact) mass is 395 g/mol. The summed E-state index contributed by atoms with van der Waals surface area (Å²) in [5, 5.41) is 2.92. The zero-order chi connectivity index (χ0) is 20.8. The minimum atomic E-state index is -0.232. The molecule has 1 N–H and O–H groups in total. The first-order chi connectivity index (χ1) is 14.0. The molecule has 2 heterocycles. The molecule has 0 saturated carbocycles. The van der Waals surface area contributed by atoms with E-state index in [1.165, 1.54) is 0 Å². The van der Waals surface area contributed by atoms with Gasteiger partial charge >= 0.3 is 0 Å². The van der Waals surface area contributed by atoms with Gasteiger partial charge in [-0.25, -0.2) is 0 Å². The van der Waals surface area contributed by atoms with Gasteiger partial charge in [0.15, 0.2) is 0 Å². The quantitative estimate of drug-likeness (QED) is 0.815. The Bertz CT molecular complexity index is 841. The molecular formula is C22H29N5O2. The Morgan fingerprint density at radius 3 is 2.28 bits per heavy atom. The molecule has 1 aliphatic heterocycles. The molecule has 0 unspecified atom stereocenters. The van der Waals surface area contributed by atoms with Gasteiger partial charge in [0, 0.05) is 69.5 Å². The first-order valence-electron chi connectivity index (χ1n) is 10.1. The van der Waals surface area contributed by atoms with Gasteiger partial charge < -0.3 is 20.0 Å². The Morgan fingerprint density at radius 1 is 1.03 bits per heavy atom. The van der Waals surface area contributed by atoms with E-state index in [0.717, 1.165) is 43.2 Å². The minimum Gasteiger partial charge on any atom is -0.372 e. The summed E-state index contributed by atoms with van der Waals surface area (Å²) in [6.45, 7) is 10.6. The number of benzene rings is 1. The Labute approximate surface area is 172 Å². The Hall–Kier alpha value is -3.09. The Morgan fingerprint density at radius 2 is 1.69 bits per heavy atom. The second-order valence-corrected chi connectivity index (χ2v) is 7.07. The third kappa shape index (κ3) is 5.04. The smallest absolute Gasteiger partial charge is 0.274 e. The highest BCUT2D eigenvalue weighted by molar-refractivity contribution is 6.03. The maximum atomic E-state index is 12.7. The van der Waals surface area contributed by atoms with Gasteiger partial charge in [-0.05, 0) is 50.2 Å². The fourth-order valence-electron chi connectivity index (χ4n) is 3.56. The molecule has 0 spiro atoms. The van der Waals surface area contributed by atoms with Crippen LogP contribution in [0.15, 0.2) is 42.6 Å². The first kappa shape index (κ1) is 20.6. The molecule has 154 valence electrons. The van der Waals surface area contributed by atoms with Gasteiger partial charge in [0.05, 0.1) is 0 Å². The fraction of sp³-hybridized carbons (Fsp3) is 0.409. The molecule has 0 atom stereocenters. The van der Waals surface area contributed by atoms with Gasteiger partial charge in [-0.1, -0.05) is 0 Å². The Kier molecular flexibility index (Phi) is 6.69. The summed E-state index contributed by atoms with van der Waals surface area (Å²) in [4.78, 5) is 34.7. The molecule has 1 aliphatic rings. The van der Waals surface area contributed by atoms with E-state index in [-0.39, 0.29) is 11.8 Å². The number of anilines is 3. The molecule has 1 aromatic carbocycles. The van der Waals surface area contributed by atoms with Crippen LogP contribution in [0.25, 0.3) is 0 Å². The largest absolute Gasteiger partial charge is 0.372 e. The summed E-state index contributed by atoms with van der Waals surface area (Å²) in [5.41, 5.74) is 3.21. The lowest BCUT2D eigenvalue weighted by Crippen LogP contribution is -2.48. The van der Waals surface area contributed by atoms with Gasteiger partial charge in [-0.2, -0.15) is 0 Å². The Balaban J connectivity index is 1.64. The van der Waals surface area contributed by atoms with Gasteiger partial charge in [0.25, 0.3) is 5.91 Å². The number of nitrogens with zero attached hydrogens (tertiary/aromatic N) is 4. The predicted octanol–water partition coefficient (Wildman–Crippen LogP) is 2.85. The topological polar surface area (TPSA) is 68.8 Å². The summed E-state index contributed by atoms with van der Waals surface area (Å²) in [6.07, 6.45) is 1.66. The molecule has 1 saturated heterocycles. The minimum absolute atomic E-state index is 0.103. The SMILES string of the molecule is CCN(CC)c1ccc(NC(=O)c2cc(N3CCN(C(C)=O)CC3)ccn2)cc1. The lowest BCUT2D eigenvalue weighted by molar-refractivity contribution is -0.129. The molecule has 0 bridgehead atoms. The predicted molar refractivity (Wildman–Crippen MR) is 117 cm³/mol. The van der Waals surface area contributed by atoms with Crippen LogP contribution in [-0.4, -0.2) is 61.0 Å². The van der Waals surface area contributed by atoms with Crippen LogP contribution in [0, 0.1) is 0 Å². The zero-order valence-corrected chi connectivity index (χ0v) is 17.4. The summed E-state index contributed by atoms with van der Waals surface area (Å²) in [7, 11) is 0. The summed E-state index contributed by atoms with van der Waals surface area (Å²) in [6, 6.07) is 11.6. The number of rotatable bonds is 6. The second-order valence-electron chi connectivity index (χ2n) is 7.07. The van der Waals surface area contributed by atoms with Crippen molar-refractivity contribution < 1.29 is 9.59 Å². The van der Waals surface area contributed by atoms with Gasteiger partial charge in [0.2, 0.25) is 5.91 Å². The van der Waals surface area contributed by atoms with E-state index in [1.54, 1.807) is 13.1 Å². The van der Waals surface area contributed by atoms with E-state index in [4.69, 9.17) is 0 Å². The van der Waals surface area contributed by atoms with Gasteiger partial charge in [-0.3, -0.25) is 14.6 Å². The molecule has 3 rings (SSSR count). The molecular weight excluding hydrogens is 366 g/mol. The van der Waals surface area contributed by atoms with Crippen molar-refractivity contribution in [2.75, 3.05) is 54.4 Å². The number of hydrogen-bond acceptors (Lipinski definition) is 5. The number of amides is 2. The first-order valence-corrected chi connectivity index (χ1v) is 10.1. The molecule has 2 aromatic rings. The normalized spacial score (nSPS) is 13.9. The van der Waals surface area contributed by atoms with Crippen LogP contribution in [0.2, 0.25) is 0 Å². The summed E-state index contributed by atoms with van der Waals surface area (Å²) < 4.78 is 0. The molecule has 2 amide bonds. The highest BCUT2D eigenvalue weighted by Crippen LogP contribution is 2.20.